The molecule has 6 nitrogen and oxygen atoms in total. The molecular weight excluding hydrogens is 310 g/mol. The largest absolute Gasteiger partial charge is 0.497 e. The Morgan fingerprint density at radius 1 is 1.08 bits per heavy atom. The quantitative estimate of drug-likeness (QED) is 0.789. The topological polar surface area (TPSA) is 77.4 Å². The summed E-state index contributed by atoms with van der Waals surface area (Å²) < 4.78 is 15.7. The average molecular weight is 329 g/mol. The third-order valence-electron chi connectivity index (χ3n) is 3.27. The molecule has 0 spiro atoms. The minimum absolute atomic E-state index is 0.369. The van der Waals surface area contributed by atoms with E-state index < -0.39 is 12.1 Å². The van der Waals surface area contributed by atoms with Crippen LogP contribution in [0.4, 0.5) is 5.69 Å². The molecule has 0 saturated heterocycles. The first-order valence-corrected chi connectivity index (χ1v) is 7.29. The Morgan fingerprint density at radius 3 is 2.38 bits per heavy atom. The molecule has 2 aromatic carbocycles. The van der Waals surface area contributed by atoms with E-state index in [9.17, 15) is 4.79 Å². The lowest BCUT2D eigenvalue weighted by atomic mass is 10.2. The third-order valence-corrected chi connectivity index (χ3v) is 3.27. The Hall–Kier alpha value is -3.02. The van der Waals surface area contributed by atoms with Gasteiger partial charge in [0.2, 0.25) is 0 Å². The van der Waals surface area contributed by atoms with Gasteiger partial charge in [0.1, 0.15) is 5.75 Å². The van der Waals surface area contributed by atoms with Crippen LogP contribution in [0.3, 0.4) is 0 Å². The van der Waals surface area contributed by atoms with Gasteiger partial charge in [0.25, 0.3) is 0 Å². The first kappa shape index (κ1) is 17.3. The maximum absolute atomic E-state index is 10.9. The van der Waals surface area contributed by atoms with Crippen LogP contribution >= 0.6 is 0 Å². The maximum Gasteiger partial charge on any atom is 0.344 e. The van der Waals surface area contributed by atoms with Crippen molar-refractivity contribution < 1.29 is 24.1 Å². The van der Waals surface area contributed by atoms with Gasteiger partial charge in [-0.15, -0.1) is 0 Å². The molecule has 0 bridgehead atoms. The number of aliphatic carboxylic acids is 1. The number of carboxylic acid groups (broad SMARTS) is 1. The fourth-order valence-corrected chi connectivity index (χ4v) is 1.92. The summed E-state index contributed by atoms with van der Waals surface area (Å²) in [6, 6.07) is 12.5. The molecule has 0 radical (unpaired) electrons. The minimum Gasteiger partial charge on any atom is -0.497 e. The summed E-state index contributed by atoms with van der Waals surface area (Å²) in [5.74, 6) is 0.544. The van der Waals surface area contributed by atoms with Crippen molar-refractivity contribution in [2.24, 2.45) is 4.99 Å². The van der Waals surface area contributed by atoms with Crippen molar-refractivity contribution in [1.29, 1.82) is 0 Å². The number of aliphatic imine (C=N–C) groups is 1. The van der Waals surface area contributed by atoms with E-state index in [0.29, 0.717) is 11.5 Å². The lowest BCUT2D eigenvalue weighted by Gasteiger charge is -2.14. The molecule has 0 aromatic heterocycles. The number of carbonyl (C=O) groups is 1. The summed E-state index contributed by atoms with van der Waals surface area (Å²) in [4.78, 5) is 15.3. The summed E-state index contributed by atoms with van der Waals surface area (Å²) in [5, 5.41) is 8.91. The molecule has 0 saturated carbocycles. The number of hydrogen-bond acceptors (Lipinski definition) is 5. The Labute approximate surface area is 140 Å². The lowest BCUT2D eigenvalue weighted by molar-refractivity contribution is -0.144. The van der Waals surface area contributed by atoms with E-state index in [4.69, 9.17) is 19.3 Å². The van der Waals surface area contributed by atoms with Crippen LogP contribution < -0.4 is 14.2 Å². The van der Waals surface area contributed by atoms with E-state index in [1.165, 1.54) is 14.0 Å². The van der Waals surface area contributed by atoms with Gasteiger partial charge in [-0.2, -0.15) is 0 Å². The summed E-state index contributed by atoms with van der Waals surface area (Å²) >= 11 is 0. The smallest absolute Gasteiger partial charge is 0.344 e. The Kier molecular flexibility index (Phi) is 5.78. The summed E-state index contributed by atoms with van der Waals surface area (Å²) in [7, 11) is 3.11. The number of ether oxygens (including phenoxy) is 3. The molecule has 0 unspecified atom stereocenters. The van der Waals surface area contributed by atoms with Crippen LogP contribution in [0.2, 0.25) is 0 Å². The zero-order chi connectivity index (χ0) is 17.5. The summed E-state index contributed by atoms with van der Waals surface area (Å²) in [5.41, 5.74) is 1.59. The van der Waals surface area contributed by atoms with Crippen LogP contribution in [0.25, 0.3) is 0 Å². The summed E-state index contributed by atoms with van der Waals surface area (Å²) in [6.07, 6.45) is 0.729. The van der Waals surface area contributed by atoms with Gasteiger partial charge >= 0.3 is 5.97 Å². The zero-order valence-corrected chi connectivity index (χ0v) is 13.7. The molecule has 1 atom stereocenters. The molecule has 126 valence electrons. The molecule has 1 N–H and O–H groups in total. The monoisotopic (exact) mass is 329 g/mol. The molecule has 6 heteroatoms. The molecule has 0 aliphatic carbocycles. The molecule has 0 fully saturated rings. The number of rotatable bonds is 7. The van der Waals surface area contributed by atoms with Gasteiger partial charge in [-0.05, 0) is 55.0 Å². The fourth-order valence-electron chi connectivity index (χ4n) is 1.92. The molecule has 2 rings (SSSR count). The molecule has 0 aliphatic rings. The number of methoxy groups -OCH3 is 2. The van der Waals surface area contributed by atoms with Crippen LogP contribution in [0.1, 0.15) is 12.5 Å². The van der Waals surface area contributed by atoms with E-state index >= 15 is 0 Å². The van der Waals surface area contributed by atoms with E-state index in [1.54, 1.807) is 31.5 Å². The minimum atomic E-state index is -1.04. The van der Waals surface area contributed by atoms with Crippen LogP contribution in [-0.4, -0.2) is 37.6 Å². The van der Waals surface area contributed by atoms with Gasteiger partial charge < -0.3 is 19.3 Å². The highest BCUT2D eigenvalue weighted by atomic mass is 16.5. The Morgan fingerprint density at radius 2 is 1.79 bits per heavy atom. The van der Waals surface area contributed by atoms with Gasteiger partial charge in [0.05, 0.1) is 19.9 Å². The SMILES string of the molecule is COc1ccc(N=Cc2ccc(O[C@@H](C)C(=O)O)c(OC)c2)cc1. The van der Waals surface area contributed by atoms with Crippen LogP contribution in [0.5, 0.6) is 17.2 Å². The van der Waals surface area contributed by atoms with Crippen LogP contribution in [0.15, 0.2) is 47.5 Å². The summed E-state index contributed by atoms with van der Waals surface area (Å²) in [6.45, 7) is 1.46. The Balaban J connectivity index is 2.16. The van der Waals surface area contributed by atoms with Gasteiger partial charge in [-0.3, -0.25) is 4.99 Å². The van der Waals surface area contributed by atoms with E-state index in [-0.39, 0.29) is 0 Å². The van der Waals surface area contributed by atoms with Crippen molar-refractivity contribution >= 4 is 17.9 Å². The lowest BCUT2D eigenvalue weighted by Crippen LogP contribution is -2.23. The number of benzene rings is 2. The van der Waals surface area contributed by atoms with Crippen molar-refractivity contribution in [2.75, 3.05) is 14.2 Å². The second-order valence-corrected chi connectivity index (χ2v) is 4.96. The van der Waals surface area contributed by atoms with Crippen molar-refractivity contribution in [2.45, 2.75) is 13.0 Å². The highest BCUT2D eigenvalue weighted by Gasteiger charge is 2.15. The number of nitrogens with zero attached hydrogens (tertiary/aromatic N) is 1. The van der Waals surface area contributed by atoms with Gasteiger partial charge in [0.15, 0.2) is 17.6 Å². The number of carboxylic acids is 1. The van der Waals surface area contributed by atoms with E-state index in [2.05, 4.69) is 4.99 Å². The predicted molar refractivity (Wildman–Crippen MR) is 91.0 cm³/mol. The zero-order valence-electron chi connectivity index (χ0n) is 13.7. The molecule has 2 aromatic rings. The van der Waals surface area contributed by atoms with Crippen molar-refractivity contribution in [3.05, 3.63) is 48.0 Å². The maximum atomic E-state index is 10.9. The van der Waals surface area contributed by atoms with Crippen molar-refractivity contribution in [3.8, 4) is 17.2 Å². The van der Waals surface area contributed by atoms with E-state index in [1.807, 2.05) is 24.3 Å². The second kappa shape index (κ2) is 8.01. The third kappa shape index (κ3) is 4.49. The van der Waals surface area contributed by atoms with Gasteiger partial charge in [0, 0.05) is 6.21 Å². The molecular formula is C18H19NO5. The molecule has 24 heavy (non-hydrogen) atoms. The standard InChI is InChI=1S/C18H19NO5/c1-12(18(20)21)24-16-9-4-13(10-17(16)23-3)11-19-14-5-7-15(22-2)8-6-14/h4-12H,1-3H3,(H,20,21)/t12-/m0/s1. The second-order valence-electron chi connectivity index (χ2n) is 4.96. The normalized spacial score (nSPS) is 12.0. The van der Waals surface area contributed by atoms with Gasteiger partial charge in [-0.1, -0.05) is 0 Å². The number of hydrogen-bond donors (Lipinski definition) is 1. The molecule has 0 heterocycles. The fraction of sp³-hybridized carbons (Fsp3) is 0.222. The van der Waals surface area contributed by atoms with E-state index in [0.717, 1.165) is 17.0 Å². The van der Waals surface area contributed by atoms with Crippen molar-refractivity contribution in [3.63, 3.8) is 0 Å². The highest BCUT2D eigenvalue weighted by molar-refractivity contribution is 5.83. The molecule has 0 amide bonds. The average Bonchev–Trinajstić information content (AvgIpc) is 2.61. The van der Waals surface area contributed by atoms with Crippen LogP contribution in [-0.2, 0) is 4.79 Å². The van der Waals surface area contributed by atoms with Crippen molar-refractivity contribution in [1.82, 2.24) is 0 Å². The van der Waals surface area contributed by atoms with Crippen LogP contribution in [0, 0.1) is 0 Å². The van der Waals surface area contributed by atoms with Gasteiger partial charge in [-0.25, -0.2) is 4.79 Å². The Bertz CT molecular complexity index is 725. The predicted octanol–water partition coefficient (Wildman–Crippen LogP) is 3.31. The first-order chi connectivity index (χ1) is 11.5. The molecule has 0 aliphatic heterocycles. The highest BCUT2D eigenvalue weighted by Crippen LogP contribution is 2.29. The first-order valence-electron chi connectivity index (χ1n) is 7.29.